The van der Waals surface area contributed by atoms with Crippen LogP contribution in [0.4, 0.5) is 0 Å². The summed E-state index contributed by atoms with van der Waals surface area (Å²) >= 11 is 0. The number of likely N-dealkylation sites (tertiary alicyclic amines) is 2. The fourth-order valence-corrected chi connectivity index (χ4v) is 10.3. The van der Waals surface area contributed by atoms with Crippen LogP contribution in [-0.2, 0) is 46.3 Å². The van der Waals surface area contributed by atoms with Crippen LogP contribution in [0.15, 0.2) is 48.5 Å². The van der Waals surface area contributed by atoms with Gasteiger partial charge in [-0.05, 0) is 141 Å². The molecular formula is C52H80N8O7. The lowest BCUT2D eigenvalue weighted by molar-refractivity contribution is -0.145. The number of nitrogens with zero attached hydrogens (tertiary/aromatic N) is 2. The number of fused-ring (bicyclic) bond motifs is 2. The predicted molar refractivity (Wildman–Crippen MR) is 260 cm³/mol. The number of hydrogen-bond acceptors (Lipinski definition) is 10. The highest BCUT2D eigenvalue weighted by Crippen LogP contribution is 2.32. The summed E-state index contributed by atoms with van der Waals surface area (Å²) in [6, 6.07) is 13.7. The van der Waals surface area contributed by atoms with Crippen molar-refractivity contribution in [3.05, 3.63) is 70.8 Å². The first kappa shape index (κ1) is 52.0. The zero-order valence-electron chi connectivity index (χ0n) is 41.1. The molecule has 0 aromatic heterocycles. The first-order valence-electron chi connectivity index (χ1n) is 25.4. The predicted octanol–water partition coefficient (Wildman–Crippen LogP) is 4.39. The number of likely N-dealkylation sites (N-methyl/N-ethyl adjacent to an activating group) is 2. The van der Waals surface area contributed by atoms with Crippen molar-refractivity contribution in [1.82, 2.24) is 41.7 Å². The lowest BCUT2D eigenvalue weighted by Crippen LogP contribution is -2.59. The summed E-state index contributed by atoms with van der Waals surface area (Å²) in [5.41, 5.74) is 5.16. The van der Waals surface area contributed by atoms with Gasteiger partial charge in [-0.25, -0.2) is 0 Å². The number of aryl methyl sites for hydroxylation is 2. The Balaban J connectivity index is 0.965. The molecule has 15 nitrogen and oxygen atoms in total. The SMILES string of the molecule is CN[C@@H](C)C(=O)N[C@H](C(=O)N1CCC[C@H]1CN[C@@H]1CCCc2ccccc21)[C@@H](C)OCCCCCCO[C@H](C)[C@H](NC(=O)[C@H](C)NC)C(=O)N1CCC[C@H]1C(=O)N[C@@H]1CCCc2ccccc21. The first-order valence-corrected chi connectivity index (χ1v) is 25.4. The van der Waals surface area contributed by atoms with Crippen molar-refractivity contribution < 1.29 is 33.4 Å². The first-order chi connectivity index (χ1) is 32.4. The Morgan fingerprint density at radius 3 is 1.67 bits per heavy atom. The number of nitrogens with one attached hydrogen (secondary N) is 6. The molecule has 0 bridgehead atoms. The van der Waals surface area contributed by atoms with Gasteiger partial charge in [0, 0.05) is 44.9 Å². The molecule has 5 amide bonds. The summed E-state index contributed by atoms with van der Waals surface area (Å²) in [5.74, 6) is -1.14. The average Bonchev–Trinajstić information content (AvgIpc) is 4.05. The van der Waals surface area contributed by atoms with Crippen LogP contribution >= 0.6 is 0 Å². The van der Waals surface area contributed by atoms with Crippen LogP contribution < -0.4 is 31.9 Å². The molecule has 2 aliphatic heterocycles. The minimum Gasteiger partial charge on any atom is -0.376 e. The Bertz CT molecular complexity index is 1950. The Morgan fingerprint density at radius 1 is 0.612 bits per heavy atom. The third-order valence-corrected chi connectivity index (χ3v) is 14.7. The highest BCUT2D eigenvalue weighted by molar-refractivity contribution is 5.94. The van der Waals surface area contributed by atoms with E-state index in [0.29, 0.717) is 45.7 Å². The maximum atomic E-state index is 14.3. The van der Waals surface area contributed by atoms with E-state index >= 15 is 0 Å². The van der Waals surface area contributed by atoms with Crippen LogP contribution in [0.5, 0.6) is 0 Å². The number of carbonyl (C=O) groups is 5. The molecule has 2 saturated heterocycles. The van der Waals surface area contributed by atoms with Gasteiger partial charge in [0.15, 0.2) is 0 Å². The molecule has 4 aliphatic rings. The third kappa shape index (κ3) is 13.9. The van der Waals surface area contributed by atoms with E-state index in [2.05, 4.69) is 68.3 Å². The summed E-state index contributed by atoms with van der Waals surface area (Å²) in [6.07, 6.45) is 11.3. The number of unbranched alkanes of at least 4 members (excludes halogenated alkanes) is 3. The van der Waals surface area contributed by atoms with Gasteiger partial charge in [0.05, 0.1) is 30.3 Å². The number of hydrogen-bond donors (Lipinski definition) is 6. The number of rotatable bonds is 24. The molecule has 15 heteroatoms. The van der Waals surface area contributed by atoms with Crippen LogP contribution in [-0.4, -0.2) is 135 Å². The quantitative estimate of drug-likeness (QED) is 0.0828. The van der Waals surface area contributed by atoms with Crippen molar-refractivity contribution in [1.29, 1.82) is 0 Å². The molecule has 2 aromatic rings. The monoisotopic (exact) mass is 929 g/mol. The van der Waals surface area contributed by atoms with Crippen molar-refractivity contribution in [2.45, 2.75) is 178 Å². The van der Waals surface area contributed by atoms with E-state index in [1.165, 1.54) is 16.7 Å². The number of carbonyl (C=O) groups excluding carboxylic acids is 5. The van der Waals surface area contributed by atoms with E-state index in [-0.39, 0.29) is 47.7 Å². The maximum absolute atomic E-state index is 14.3. The molecule has 2 fully saturated rings. The number of benzene rings is 2. The Kier molecular flexibility index (Phi) is 20.0. The molecule has 0 saturated carbocycles. The fraction of sp³-hybridized carbons (Fsp3) is 0.673. The van der Waals surface area contributed by atoms with Crippen molar-refractivity contribution in [3.8, 4) is 0 Å². The molecule has 2 heterocycles. The van der Waals surface area contributed by atoms with E-state index in [1.54, 1.807) is 39.8 Å². The lowest BCUT2D eigenvalue weighted by atomic mass is 9.87. The van der Waals surface area contributed by atoms with E-state index in [1.807, 2.05) is 24.0 Å². The summed E-state index contributed by atoms with van der Waals surface area (Å²) in [6.45, 7) is 9.77. The molecule has 10 atom stereocenters. The van der Waals surface area contributed by atoms with Gasteiger partial charge >= 0.3 is 0 Å². The second kappa shape index (κ2) is 25.8. The number of ether oxygens (including phenoxy) is 2. The van der Waals surface area contributed by atoms with Crippen LogP contribution in [0.1, 0.15) is 139 Å². The lowest BCUT2D eigenvalue weighted by Gasteiger charge is -2.34. The summed E-state index contributed by atoms with van der Waals surface area (Å²) in [5, 5.41) is 18.9. The topological polar surface area (TPSA) is 182 Å². The zero-order chi connectivity index (χ0) is 47.9. The second-order valence-corrected chi connectivity index (χ2v) is 19.3. The Hall–Kier alpha value is -4.41. The zero-order valence-corrected chi connectivity index (χ0v) is 41.1. The standard InChI is InChI=1S/C52H80N8O7/c1-34(53-5)48(61)57-46(51(64)59-29-17-23-40(59)33-55-43-26-15-21-38-19-9-11-24-41(38)43)36(3)66-31-13-7-8-14-32-67-37(4)47(58-49(62)35(2)54-6)52(65)60-30-18-28-45(60)50(63)56-44-27-16-22-39-20-10-12-25-42(39)44/h9-12,19-20,24-25,34-37,40,43-47,53-55H,7-8,13-18,21-23,26-33H2,1-6H3,(H,56,63)(H,57,61)(H,58,62)/t34-,35-,36+,37+,40-,43+,44+,45-,46-,47-/m0/s1. The second-order valence-electron chi connectivity index (χ2n) is 19.3. The fourth-order valence-electron chi connectivity index (χ4n) is 10.3. The average molecular weight is 929 g/mol. The molecule has 2 aromatic carbocycles. The van der Waals surface area contributed by atoms with E-state index < -0.39 is 42.4 Å². The van der Waals surface area contributed by atoms with Gasteiger partial charge < -0.3 is 51.2 Å². The minimum atomic E-state index is -0.962. The normalized spacial score (nSPS) is 23.0. The molecule has 6 N–H and O–H groups in total. The molecule has 6 rings (SSSR count). The molecule has 0 unspecified atom stereocenters. The molecule has 370 valence electrons. The van der Waals surface area contributed by atoms with Crippen molar-refractivity contribution in [2.75, 3.05) is 46.9 Å². The van der Waals surface area contributed by atoms with Crippen molar-refractivity contribution >= 4 is 29.5 Å². The molecular weight excluding hydrogens is 849 g/mol. The van der Waals surface area contributed by atoms with Gasteiger partial charge in [-0.2, -0.15) is 0 Å². The highest BCUT2D eigenvalue weighted by atomic mass is 16.5. The molecule has 0 radical (unpaired) electrons. The number of amides is 5. The molecule has 67 heavy (non-hydrogen) atoms. The van der Waals surface area contributed by atoms with Gasteiger partial charge in [-0.15, -0.1) is 0 Å². The van der Waals surface area contributed by atoms with E-state index in [0.717, 1.165) is 82.6 Å². The summed E-state index contributed by atoms with van der Waals surface area (Å²) in [7, 11) is 3.42. The van der Waals surface area contributed by atoms with Gasteiger partial charge in [-0.3, -0.25) is 24.0 Å². The van der Waals surface area contributed by atoms with Gasteiger partial charge in [0.1, 0.15) is 18.1 Å². The van der Waals surface area contributed by atoms with Gasteiger partial charge in [0.25, 0.3) is 0 Å². The Labute approximate surface area is 399 Å². The van der Waals surface area contributed by atoms with Crippen LogP contribution in [0.25, 0.3) is 0 Å². The maximum Gasteiger partial charge on any atom is 0.248 e. The van der Waals surface area contributed by atoms with Crippen molar-refractivity contribution in [2.24, 2.45) is 0 Å². The van der Waals surface area contributed by atoms with Crippen LogP contribution in [0, 0.1) is 0 Å². The minimum absolute atomic E-state index is 0.0373. The highest BCUT2D eigenvalue weighted by Gasteiger charge is 2.42. The van der Waals surface area contributed by atoms with E-state index in [9.17, 15) is 24.0 Å². The molecule has 2 aliphatic carbocycles. The largest absolute Gasteiger partial charge is 0.376 e. The van der Waals surface area contributed by atoms with E-state index in [4.69, 9.17) is 9.47 Å². The van der Waals surface area contributed by atoms with Crippen molar-refractivity contribution in [3.63, 3.8) is 0 Å². The smallest absolute Gasteiger partial charge is 0.248 e. The summed E-state index contributed by atoms with van der Waals surface area (Å²) in [4.78, 5) is 72.3. The molecule has 0 spiro atoms. The van der Waals surface area contributed by atoms with Gasteiger partial charge in [-0.1, -0.05) is 61.4 Å². The Morgan fingerprint density at radius 2 is 1.10 bits per heavy atom. The van der Waals surface area contributed by atoms with Crippen LogP contribution in [0.2, 0.25) is 0 Å². The third-order valence-electron chi connectivity index (χ3n) is 14.7. The van der Waals surface area contributed by atoms with Crippen LogP contribution in [0.3, 0.4) is 0 Å². The summed E-state index contributed by atoms with van der Waals surface area (Å²) < 4.78 is 12.5. The van der Waals surface area contributed by atoms with Gasteiger partial charge in [0.2, 0.25) is 29.5 Å².